The van der Waals surface area contributed by atoms with Crippen molar-refractivity contribution in [3.8, 4) is 11.5 Å². The van der Waals surface area contributed by atoms with Crippen molar-refractivity contribution in [1.29, 1.82) is 0 Å². The maximum atomic E-state index is 12.8. The Morgan fingerprint density at radius 3 is 2.31 bits per heavy atom. The molecule has 1 N–H and O–H groups in total. The molecule has 1 aliphatic rings. The second-order valence-electron chi connectivity index (χ2n) is 9.73. The van der Waals surface area contributed by atoms with Crippen LogP contribution in [0, 0.1) is 0 Å². The van der Waals surface area contributed by atoms with Crippen LogP contribution in [0.15, 0.2) is 47.4 Å². The van der Waals surface area contributed by atoms with Crippen LogP contribution in [-0.2, 0) is 30.3 Å². The highest BCUT2D eigenvalue weighted by molar-refractivity contribution is 7.92. The number of nitrogens with zero attached hydrogens (tertiary/aromatic N) is 2. The van der Waals surface area contributed by atoms with Crippen LogP contribution in [0.25, 0.3) is 0 Å². The first-order chi connectivity index (χ1) is 16.6. The Hall–Kier alpha value is -2.83. The molecule has 10 nitrogen and oxygen atoms in total. The molecular weight excluding hydrogens is 506 g/mol. The van der Waals surface area contributed by atoms with Gasteiger partial charge in [0.05, 0.1) is 29.9 Å². The minimum atomic E-state index is -3.65. The van der Waals surface area contributed by atoms with Crippen molar-refractivity contribution < 1.29 is 31.1 Å². The molecule has 1 atom stereocenters. The van der Waals surface area contributed by atoms with Gasteiger partial charge in [-0.25, -0.2) is 21.1 Å². The van der Waals surface area contributed by atoms with Gasteiger partial charge in [-0.1, -0.05) is 26.8 Å². The topological polar surface area (TPSA) is 122 Å². The second kappa shape index (κ2) is 10.3. The van der Waals surface area contributed by atoms with E-state index in [0.29, 0.717) is 17.2 Å². The first kappa shape index (κ1) is 27.8. The molecule has 0 saturated carbocycles. The smallest absolute Gasteiger partial charge is 0.263 e. The highest BCUT2D eigenvalue weighted by Gasteiger charge is 2.35. The Morgan fingerprint density at radius 1 is 1.11 bits per heavy atom. The summed E-state index contributed by atoms with van der Waals surface area (Å²) in [5.74, 6) is 0.303. The van der Waals surface area contributed by atoms with Crippen LogP contribution in [0.4, 0.5) is 5.69 Å². The first-order valence-corrected chi connectivity index (χ1v) is 14.6. The molecule has 1 amide bonds. The third-order valence-corrected chi connectivity index (χ3v) is 8.64. The van der Waals surface area contributed by atoms with Crippen molar-refractivity contribution in [2.75, 3.05) is 44.4 Å². The molecule has 12 heteroatoms. The Kier molecular flexibility index (Phi) is 7.92. The fraction of sp³-hybridized carbons (Fsp3) is 0.458. The molecule has 0 unspecified atom stereocenters. The number of carbonyl (C=O) groups is 1. The highest BCUT2D eigenvalue weighted by Crippen LogP contribution is 2.38. The van der Waals surface area contributed by atoms with Crippen LogP contribution in [0.3, 0.4) is 0 Å². The van der Waals surface area contributed by atoms with Gasteiger partial charge in [0, 0.05) is 14.1 Å². The maximum absolute atomic E-state index is 12.8. The number of nitrogens with one attached hydrogen (secondary N) is 1. The summed E-state index contributed by atoms with van der Waals surface area (Å²) in [4.78, 5) is 12.9. The van der Waals surface area contributed by atoms with E-state index in [1.54, 1.807) is 12.1 Å². The second-order valence-corrected chi connectivity index (χ2v) is 13.8. The van der Waals surface area contributed by atoms with Gasteiger partial charge in [0.15, 0.2) is 6.10 Å². The van der Waals surface area contributed by atoms with Gasteiger partial charge in [-0.3, -0.25) is 9.10 Å². The SMILES string of the molecule is CN(C)S(=O)(=O)c1ccc(OCCNC(=O)[C@H]2CN(S(C)(=O)=O)c3cc(C(C)(C)C)ccc3O2)cc1. The van der Waals surface area contributed by atoms with Crippen molar-refractivity contribution in [1.82, 2.24) is 9.62 Å². The molecule has 2 aromatic rings. The quantitative estimate of drug-likeness (QED) is 0.509. The number of amides is 1. The van der Waals surface area contributed by atoms with Crippen molar-refractivity contribution in [2.45, 2.75) is 37.2 Å². The summed E-state index contributed by atoms with van der Waals surface area (Å²) in [6.07, 6.45) is 0.0761. The van der Waals surface area contributed by atoms with Gasteiger partial charge in [-0.2, -0.15) is 0 Å². The minimum absolute atomic E-state index is 0.125. The minimum Gasteiger partial charge on any atom is -0.492 e. The Morgan fingerprint density at radius 2 is 1.75 bits per heavy atom. The molecule has 0 fully saturated rings. The van der Waals surface area contributed by atoms with Gasteiger partial charge >= 0.3 is 0 Å². The molecule has 0 saturated heterocycles. The summed E-state index contributed by atoms with van der Waals surface area (Å²) in [5, 5.41) is 2.70. The zero-order valence-corrected chi connectivity index (χ0v) is 22.9. The van der Waals surface area contributed by atoms with Gasteiger partial charge in [-0.15, -0.1) is 0 Å². The lowest BCUT2D eigenvalue weighted by Gasteiger charge is -2.35. The molecule has 3 rings (SSSR count). The molecule has 0 aliphatic carbocycles. The molecule has 0 radical (unpaired) electrons. The van der Waals surface area contributed by atoms with Crippen molar-refractivity contribution in [3.05, 3.63) is 48.0 Å². The van der Waals surface area contributed by atoms with E-state index < -0.39 is 32.1 Å². The van der Waals surface area contributed by atoms with Crippen molar-refractivity contribution in [2.24, 2.45) is 0 Å². The lowest BCUT2D eigenvalue weighted by atomic mass is 9.86. The summed E-state index contributed by atoms with van der Waals surface area (Å²) < 4.78 is 63.0. The normalized spacial score (nSPS) is 16.3. The number of carbonyl (C=O) groups excluding carboxylic acids is 1. The van der Waals surface area contributed by atoms with Crippen molar-refractivity contribution in [3.63, 3.8) is 0 Å². The third kappa shape index (κ3) is 6.29. The molecule has 0 spiro atoms. The molecule has 0 bridgehead atoms. The van der Waals surface area contributed by atoms with Crippen LogP contribution in [0.2, 0.25) is 0 Å². The van der Waals surface area contributed by atoms with E-state index in [0.717, 1.165) is 16.1 Å². The Balaban J connectivity index is 1.61. The van der Waals surface area contributed by atoms with E-state index in [2.05, 4.69) is 5.32 Å². The Bertz CT molecular complexity index is 1320. The lowest BCUT2D eigenvalue weighted by molar-refractivity contribution is -0.127. The number of benzene rings is 2. The average Bonchev–Trinajstić information content (AvgIpc) is 2.79. The Labute approximate surface area is 213 Å². The molecule has 2 aromatic carbocycles. The maximum Gasteiger partial charge on any atom is 0.263 e. The van der Waals surface area contributed by atoms with Crippen LogP contribution in [0.1, 0.15) is 26.3 Å². The van der Waals surface area contributed by atoms with Gasteiger partial charge in [0.1, 0.15) is 18.1 Å². The fourth-order valence-corrected chi connectivity index (χ4v) is 5.35. The monoisotopic (exact) mass is 539 g/mol. The molecule has 1 aliphatic heterocycles. The predicted octanol–water partition coefficient (Wildman–Crippen LogP) is 1.96. The molecule has 0 aromatic heterocycles. The van der Waals surface area contributed by atoms with Gasteiger partial charge in [0.25, 0.3) is 5.91 Å². The van der Waals surface area contributed by atoms with Crippen LogP contribution >= 0.6 is 0 Å². The summed E-state index contributed by atoms with van der Waals surface area (Å²) in [7, 11) is -4.27. The van der Waals surface area contributed by atoms with E-state index in [-0.39, 0.29) is 30.0 Å². The zero-order chi connectivity index (χ0) is 26.9. The number of fused-ring (bicyclic) bond motifs is 1. The summed E-state index contributed by atoms with van der Waals surface area (Å²) in [6.45, 7) is 6.21. The van der Waals surface area contributed by atoms with Gasteiger partial charge < -0.3 is 14.8 Å². The van der Waals surface area contributed by atoms with E-state index >= 15 is 0 Å². The zero-order valence-electron chi connectivity index (χ0n) is 21.3. The number of hydrogen-bond acceptors (Lipinski definition) is 7. The lowest BCUT2D eigenvalue weighted by Crippen LogP contribution is -2.51. The number of anilines is 1. The predicted molar refractivity (Wildman–Crippen MR) is 138 cm³/mol. The average molecular weight is 540 g/mol. The van der Waals surface area contributed by atoms with Crippen molar-refractivity contribution >= 4 is 31.6 Å². The largest absolute Gasteiger partial charge is 0.492 e. The van der Waals surface area contributed by atoms with Crippen LogP contribution in [0.5, 0.6) is 11.5 Å². The number of hydrogen-bond donors (Lipinski definition) is 1. The number of rotatable bonds is 8. The standard InChI is InChI=1S/C24H33N3O7S2/c1-24(2,3)17-7-12-21-20(15-17)27(35(6,29)30)16-22(34-21)23(28)25-13-14-33-18-8-10-19(11-9-18)36(31,32)26(4)5/h7-12,15,22H,13-14,16H2,1-6H3,(H,25,28)/t22-/m1/s1. The van der Waals surface area contributed by atoms with E-state index in [1.165, 1.54) is 42.7 Å². The first-order valence-electron chi connectivity index (χ1n) is 11.3. The summed E-state index contributed by atoms with van der Waals surface area (Å²) >= 11 is 0. The molecule has 36 heavy (non-hydrogen) atoms. The molecule has 1 heterocycles. The number of ether oxygens (including phenoxy) is 2. The van der Waals surface area contributed by atoms with Gasteiger partial charge in [-0.05, 0) is 47.4 Å². The highest BCUT2D eigenvalue weighted by atomic mass is 32.2. The van der Waals surface area contributed by atoms with E-state index in [1.807, 2.05) is 26.8 Å². The third-order valence-electron chi connectivity index (χ3n) is 5.66. The summed E-state index contributed by atoms with van der Waals surface area (Å²) in [5.41, 5.74) is 1.18. The number of sulfonamides is 2. The van der Waals surface area contributed by atoms with E-state index in [4.69, 9.17) is 9.47 Å². The fourth-order valence-electron chi connectivity index (χ4n) is 3.54. The van der Waals surface area contributed by atoms with Crippen LogP contribution < -0.4 is 19.1 Å². The molecule has 198 valence electrons. The molecular formula is C24H33N3O7S2. The summed E-state index contributed by atoms with van der Waals surface area (Å²) in [6, 6.07) is 11.3. The van der Waals surface area contributed by atoms with Crippen LogP contribution in [-0.4, -0.2) is 73.2 Å². The van der Waals surface area contributed by atoms with Gasteiger partial charge in [0.2, 0.25) is 20.0 Å². The van der Waals surface area contributed by atoms with E-state index in [9.17, 15) is 21.6 Å².